The second-order valence-electron chi connectivity index (χ2n) is 7.77. The third kappa shape index (κ3) is 3.73. The van der Waals surface area contributed by atoms with Crippen LogP contribution in [-0.4, -0.2) is 34.6 Å². The molecule has 1 N–H and O–H groups in total. The lowest BCUT2D eigenvalue weighted by molar-refractivity contribution is -0.0108. The lowest BCUT2D eigenvalue weighted by atomic mass is 9.79. The van der Waals surface area contributed by atoms with Gasteiger partial charge in [-0.1, -0.05) is 32.0 Å². The number of benzene rings is 2. The van der Waals surface area contributed by atoms with Gasteiger partial charge in [-0.15, -0.1) is 0 Å². The van der Waals surface area contributed by atoms with Crippen molar-refractivity contribution < 1.29 is 19.0 Å². The molecule has 1 saturated heterocycles. The van der Waals surface area contributed by atoms with E-state index in [1.165, 1.54) is 12.1 Å². The second kappa shape index (κ2) is 6.72. The average Bonchev–Trinajstić information content (AvgIpc) is 2.80. The molecule has 0 aliphatic carbocycles. The highest BCUT2D eigenvalue weighted by Gasteiger charge is 2.49. The standard InChI is InChI=1S/C21H24FNO3/c1-20(2)13-23(14-21(20,3)25)19(24)16-7-5-9-18(11-16)26-12-15-6-4-8-17(22)10-15/h4-11,25H,12-14H2,1-3H3. The van der Waals surface area contributed by atoms with E-state index in [-0.39, 0.29) is 23.7 Å². The number of carbonyl (C=O) groups excluding carboxylic acids is 1. The number of amides is 1. The Balaban J connectivity index is 1.70. The molecule has 1 fully saturated rings. The Hall–Kier alpha value is -2.40. The first kappa shape index (κ1) is 18.4. The summed E-state index contributed by atoms with van der Waals surface area (Å²) in [5.74, 6) is 0.108. The number of β-amino-alcohol motifs (C(OH)–C–C–N with tert-alkyl or cyclic N) is 1. The highest BCUT2D eigenvalue weighted by Crippen LogP contribution is 2.39. The van der Waals surface area contributed by atoms with Gasteiger partial charge in [0.25, 0.3) is 5.91 Å². The molecule has 1 heterocycles. The van der Waals surface area contributed by atoms with Gasteiger partial charge in [-0.05, 0) is 42.8 Å². The van der Waals surface area contributed by atoms with Gasteiger partial charge < -0.3 is 14.7 Å². The molecule has 1 amide bonds. The molecule has 3 rings (SSSR count). The molecule has 0 spiro atoms. The van der Waals surface area contributed by atoms with E-state index in [0.29, 0.717) is 24.4 Å². The number of likely N-dealkylation sites (tertiary alicyclic amines) is 1. The second-order valence-corrected chi connectivity index (χ2v) is 7.77. The molecule has 1 unspecified atom stereocenters. The summed E-state index contributed by atoms with van der Waals surface area (Å²) in [5, 5.41) is 10.5. The molecular weight excluding hydrogens is 333 g/mol. The first-order chi connectivity index (χ1) is 12.2. The van der Waals surface area contributed by atoms with Crippen molar-refractivity contribution in [2.45, 2.75) is 33.0 Å². The van der Waals surface area contributed by atoms with Gasteiger partial charge in [-0.25, -0.2) is 4.39 Å². The van der Waals surface area contributed by atoms with Gasteiger partial charge in [0.2, 0.25) is 0 Å². The van der Waals surface area contributed by atoms with E-state index in [4.69, 9.17) is 4.74 Å². The van der Waals surface area contributed by atoms with Crippen LogP contribution in [0.5, 0.6) is 5.75 Å². The molecule has 138 valence electrons. The van der Waals surface area contributed by atoms with Crippen molar-refractivity contribution in [2.75, 3.05) is 13.1 Å². The summed E-state index contributed by atoms with van der Waals surface area (Å²) in [6.45, 7) is 6.69. The minimum absolute atomic E-state index is 0.132. The van der Waals surface area contributed by atoms with E-state index < -0.39 is 5.60 Å². The van der Waals surface area contributed by atoms with Crippen molar-refractivity contribution in [1.29, 1.82) is 0 Å². The van der Waals surface area contributed by atoms with E-state index in [0.717, 1.165) is 5.56 Å². The van der Waals surface area contributed by atoms with Crippen LogP contribution in [0.15, 0.2) is 48.5 Å². The zero-order valence-electron chi connectivity index (χ0n) is 15.3. The highest BCUT2D eigenvalue weighted by atomic mass is 19.1. The fourth-order valence-corrected chi connectivity index (χ4v) is 3.13. The number of rotatable bonds is 4. The summed E-state index contributed by atoms with van der Waals surface area (Å²) in [4.78, 5) is 14.5. The van der Waals surface area contributed by atoms with Crippen LogP contribution in [0.3, 0.4) is 0 Å². The number of nitrogens with zero attached hydrogens (tertiary/aromatic N) is 1. The van der Waals surface area contributed by atoms with Crippen molar-refractivity contribution in [3.8, 4) is 5.75 Å². The lowest BCUT2D eigenvalue weighted by Gasteiger charge is -2.30. The molecule has 4 nitrogen and oxygen atoms in total. The van der Waals surface area contributed by atoms with Crippen LogP contribution in [0.4, 0.5) is 4.39 Å². The quantitative estimate of drug-likeness (QED) is 0.909. The lowest BCUT2D eigenvalue weighted by Crippen LogP contribution is -2.40. The zero-order valence-corrected chi connectivity index (χ0v) is 15.3. The zero-order chi connectivity index (χ0) is 18.9. The molecule has 1 atom stereocenters. The van der Waals surface area contributed by atoms with Crippen molar-refractivity contribution in [2.24, 2.45) is 5.41 Å². The first-order valence-corrected chi connectivity index (χ1v) is 8.67. The number of hydrogen-bond donors (Lipinski definition) is 1. The number of carbonyl (C=O) groups is 1. The molecule has 0 radical (unpaired) electrons. The SMILES string of the molecule is CC1(C)CN(C(=O)c2cccc(OCc3cccc(F)c3)c2)CC1(C)O. The smallest absolute Gasteiger partial charge is 0.254 e. The van der Waals surface area contributed by atoms with E-state index in [9.17, 15) is 14.3 Å². The summed E-state index contributed by atoms with van der Waals surface area (Å²) in [6.07, 6.45) is 0. The third-order valence-corrected chi connectivity index (χ3v) is 5.21. The topological polar surface area (TPSA) is 49.8 Å². The van der Waals surface area contributed by atoms with Crippen LogP contribution in [-0.2, 0) is 6.61 Å². The van der Waals surface area contributed by atoms with E-state index in [1.54, 1.807) is 48.2 Å². The summed E-state index contributed by atoms with van der Waals surface area (Å²) < 4.78 is 18.9. The minimum Gasteiger partial charge on any atom is -0.489 e. The Morgan fingerprint density at radius 2 is 1.88 bits per heavy atom. The van der Waals surface area contributed by atoms with Gasteiger partial charge >= 0.3 is 0 Å². The van der Waals surface area contributed by atoms with Crippen LogP contribution in [0.2, 0.25) is 0 Å². The van der Waals surface area contributed by atoms with E-state index >= 15 is 0 Å². The van der Waals surface area contributed by atoms with Crippen LogP contribution in [0, 0.1) is 11.2 Å². The molecule has 5 heteroatoms. The fraction of sp³-hybridized carbons (Fsp3) is 0.381. The van der Waals surface area contributed by atoms with Crippen LogP contribution < -0.4 is 4.74 Å². The van der Waals surface area contributed by atoms with Crippen LogP contribution in [0.1, 0.15) is 36.7 Å². The van der Waals surface area contributed by atoms with Crippen molar-refractivity contribution in [3.63, 3.8) is 0 Å². The predicted octanol–water partition coefficient (Wildman–Crippen LogP) is 3.64. The van der Waals surface area contributed by atoms with Gasteiger partial charge in [0.1, 0.15) is 18.2 Å². The largest absolute Gasteiger partial charge is 0.489 e. The normalized spacial score (nSPS) is 21.7. The minimum atomic E-state index is -0.922. The summed E-state index contributed by atoms with van der Waals surface area (Å²) in [5.41, 5.74) is -0.0585. The van der Waals surface area contributed by atoms with Gasteiger partial charge in [-0.3, -0.25) is 4.79 Å². The van der Waals surface area contributed by atoms with Crippen LogP contribution >= 0.6 is 0 Å². The fourth-order valence-electron chi connectivity index (χ4n) is 3.13. The monoisotopic (exact) mass is 357 g/mol. The molecule has 2 aromatic rings. The molecule has 0 aromatic heterocycles. The Bertz CT molecular complexity index is 800. The van der Waals surface area contributed by atoms with Crippen molar-refractivity contribution in [1.82, 2.24) is 4.90 Å². The van der Waals surface area contributed by atoms with E-state index in [2.05, 4.69) is 0 Å². The Labute approximate surface area is 153 Å². The molecule has 0 bridgehead atoms. The van der Waals surface area contributed by atoms with E-state index in [1.807, 2.05) is 13.8 Å². The maximum absolute atomic E-state index is 13.2. The van der Waals surface area contributed by atoms with Crippen molar-refractivity contribution in [3.05, 3.63) is 65.5 Å². The number of aliphatic hydroxyl groups is 1. The van der Waals surface area contributed by atoms with Gasteiger partial charge in [0, 0.05) is 17.5 Å². The van der Waals surface area contributed by atoms with Crippen LogP contribution in [0.25, 0.3) is 0 Å². The van der Waals surface area contributed by atoms with Gasteiger partial charge in [0.05, 0.1) is 12.1 Å². The van der Waals surface area contributed by atoms with Gasteiger partial charge in [0.15, 0.2) is 0 Å². The summed E-state index contributed by atoms with van der Waals surface area (Å²) >= 11 is 0. The predicted molar refractivity (Wildman–Crippen MR) is 97.5 cm³/mol. The average molecular weight is 357 g/mol. The Morgan fingerprint density at radius 1 is 1.15 bits per heavy atom. The number of halogens is 1. The molecule has 1 aliphatic heterocycles. The van der Waals surface area contributed by atoms with Gasteiger partial charge in [-0.2, -0.15) is 0 Å². The molecule has 26 heavy (non-hydrogen) atoms. The molecule has 1 aliphatic rings. The highest BCUT2D eigenvalue weighted by molar-refractivity contribution is 5.95. The maximum Gasteiger partial charge on any atom is 0.254 e. The molecule has 2 aromatic carbocycles. The Morgan fingerprint density at radius 3 is 2.54 bits per heavy atom. The maximum atomic E-state index is 13.2. The molecule has 0 saturated carbocycles. The third-order valence-electron chi connectivity index (χ3n) is 5.21. The molecular formula is C21H24FNO3. The number of hydrogen-bond acceptors (Lipinski definition) is 3. The van der Waals surface area contributed by atoms with Crippen molar-refractivity contribution >= 4 is 5.91 Å². The summed E-state index contributed by atoms with van der Waals surface area (Å²) in [6, 6.07) is 13.2. The number of ether oxygens (including phenoxy) is 1. The summed E-state index contributed by atoms with van der Waals surface area (Å²) in [7, 11) is 0. The first-order valence-electron chi connectivity index (χ1n) is 8.67. The Kier molecular flexibility index (Phi) is 4.76.